The van der Waals surface area contributed by atoms with Crippen LogP contribution in [0.25, 0.3) is 0 Å². The quantitative estimate of drug-likeness (QED) is 0.618. The zero-order chi connectivity index (χ0) is 16.4. The Labute approximate surface area is 129 Å². The van der Waals surface area contributed by atoms with Gasteiger partial charge in [-0.05, 0) is 28.3 Å². The number of hydrogen-bond donors (Lipinski definition) is 1. The molecule has 120 valence electrons. The number of nitrogens with zero attached hydrogens (tertiary/aromatic N) is 2. The predicted octanol–water partition coefficient (Wildman–Crippen LogP) is 3.13. The van der Waals surface area contributed by atoms with Crippen molar-refractivity contribution < 1.29 is 21.6 Å². The third-order valence-corrected chi connectivity index (χ3v) is 4.22. The van der Waals surface area contributed by atoms with Crippen LogP contribution in [0.5, 0.6) is 0 Å². The first-order valence-corrected chi connectivity index (χ1v) is 8.72. The van der Waals surface area contributed by atoms with Gasteiger partial charge < -0.3 is 5.32 Å². The van der Waals surface area contributed by atoms with Crippen molar-refractivity contribution in [3.8, 4) is 0 Å². The van der Waals surface area contributed by atoms with E-state index in [9.17, 15) is 21.6 Å². The van der Waals surface area contributed by atoms with Crippen molar-refractivity contribution in [2.24, 2.45) is 0 Å². The van der Waals surface area contributed by atoms with Gasteiger partial charge in [-0.15, -0.1) is 0 Å². The summed E-state index contributed by atoms with van der Waals surface area (Å²) in [5.41, 5.74) is 0.425. The van der Waals surface area contributed by atoms with E-state index in [0.29, 0.717) is 12.0 Å². The molecule has 0 spiro atoms. The molecule has 1 rings (SSSR count). The lowest BCUT2D eigenvalue weighted by molar-refractivity contribution is -0.115. The van der Waals surface area contributed by atoms with E-state index in [1.54, 1.807) is 6.92 Å². The lowest BCUT2D eigenvalue weighted by Gasteiger charge is -2.18. The largest absolute Gasteiger partial charge is 0.405 e. The normalized spacial score (nSPS) is 14.0. The first kappa shape index (κ1) is 18.1. The van der Waals surface area contributed by atoms with Crippen LogP contribution in [0.1, 0.15) is 31.7 Å². The molecule has 0 aliphatic heterocycles. The van der Waals surface area contributed by atoms with Gasteiger partial charge in [0.15, 0.2) is 0 Å². The minimum Gasteiger partial charge on any atom is -0.361 e. The van der Waals surface area contributed by atoms with Crippen LogP contribution >= 0.6 is 15.9 Å². The minimum absolute atomic E-state index is 0.121. The van der Waals surface area contributed by atoms with Gasteiger partial charge in [0, 0.05) is 11.8 Å². The second kappa shape index (κ2) is 6.47. The highest BCUT2D eigenvalue weighted by molar-refractivity contribution is 9.10. The van der Waals surface area contributed by atoms with Crippen LogP contribution in [-0.2, 0) is 9.84 Å². The Morgan fingerprint density at radius 2 is 1.90 bits per heavy atom. The minimum atomic E-state index is -4.44. The molecule has 0 amide bonds. The van der Waals surface area contributed by atoms with Gasteiger partial charge in [0.25, 0.3) is 0 Å². The summed E-state index contributed by atoms with van der Waals surface area (Å²) >= 11 is 3.12. The second-order valence-corrected chi connectivity index (χ2v) is 7.27. The fourth-order valence-corrected chi connectivity index (χ4v) is 2.93. The molecule has 0 aromatic carbocycles. The van der Waals surface area contributed by atoms with Crippen LogP contribution < -0.4 is 5.32 Å². The van der Waals surface area contributed by atoms with Crippen molar-refractivity contribution in [1.29, 1.82) is 0 Å². The van der Waals surface area contributed by atoms with Crippen molar-refractivity contribution >= 4 is 31.6 Å². The Kier molecular flexibility index (Phi) is 5.59. The second-order valence-electron chi connectivity index (χ2n) is 4.61. The Hall–Kier alpha value is -0.900. The van der Waals surface area contributed by atoms with E-state index in [2.05, 4.69) is 31.2 Å². The molecule has 5 nitrogen and oxygen atoms in total. The molecular weight excluding hydrogens is 375 g/mol. The molecule has 0 fully saturated rings. The van der Waals surface area contributed by atoms with Crippen molar-refractivity contribution in [3.05, 3.63) is 10.2 Å². The van der Waals surface area contributed by atoms with Crippen LogP contribution in [-0.4, -0.2) is 37.4 Å². The van der Waals surface area contributed by atoms with E-state index in [-0.39, 0.29) is 16.3 Å². The van der Waals surface area contributed by atoms with Gasteiger partial charge >= 0.3 is 6.18 Å². The lowest BCUT2D eigenvalue weighted by atomic mass is 10.0. The fourth-order valence-electron chi connectivity index (χ4n) is 1.55. The zero-order valence-corrected chi connectivity index (χ0v) is 14.0. The number of anilines is 1. The summed E-state index contributed by atoms with van der Waals surface area (Å²) in [5, 5.41) is 1.63. The maximum Gasteiger partial charge on any atom is 0.405 e. The molecule has 1 atom stereocenters. The van der Waals surface area contributed by atoms with E-state index in [4.69, 9.17) is 0 Å². The lowest BCUT2D eigenvalue weighted by Crippen LogP contribution is -2.23. The first-order valence-electron chi connectivity index (χ1n) is 6.03. The van der Waals surface area contributed by atoms with E-state index in [1.165, 1.54) is 0 Å². The number of sulfone groups is 1. The monoisotopic (exact) mass is 389 g/mol. The van der Waals surface area contributed by atoms with Gasteiger partial charge in [0.2, 0.25) is 15.0 Å². The maximum atomic E-state index is 12.4. The van der Waals surface area contributed by atoms with E-state index in [0.717, 1.165) is 6.26 Å². The molecule has 1 aromatic heterocycles. The van der Waals surface area contributed by atoms with Crippen molar-refractivity contribution in [1.82, 2.24) is 9.97 Å². The number of nitrogens with one attached hydrogen (secondary N) is 1. The molecular formula is C11H15BrF3N3O2S. The van der Waals surface area contributed by atoms with Gasteiger partial charge in [0.05, 0.1) is 0 Å². The van der Waals surface area contributed by atoms with Crippen molar-refractivity contribution in [2.45, 2.75) is 37.5 Å². The topological polar surface area (TPSA) is 72.0 Å². The Balaban J connectivity index is 3.36. The number of hydrogen-bond acceptors (Lipinski definition) is 5. The molecule has 10 heteroatoms. The summed E-state index contributed by atoms with van der Waals surface area (Å²) in [5.74, 6) is -0.257. The van der Waals surface area contributed by atoms with E-state index in [1.807, 2.05) is 6.92 Å². The van der Waals surface area contributed by atoms with Gasteiger partial charge in [-0.25, -0.2) is 18.4 Å². The Morgan fingerprint density at radius 1 is 1.33 bits per heavy atom. The summed E-state index contributed by atoms with van der Waals surface area (Å²) in [6.45, 7) is 2.35. The van der Waals surface area contributed by atoms with Crippen molar-refractivity contribution in [2.75, 3.05) is 18.1 Å². The molecule has 1 heterocycles. The van der Waals surface area contributed by atoms with Gasteiger partial charge in [-0.1, -0.05) is 13.8 Å². The number of aromatic nitrogens is 2. The third kappa shape index (κ3) is 5.10. The zero-order valence-electron chi connectivity index (χ0n) is 11.6. The highest BCUT2D eigenvalue weighted by atomic mass is 79.9. The highest BCUT2D eigenvalue weighted by Crippen LogP contribution is 2.32. The Morgan fingerprint density at radius 3 is 2.33 bits per heavy atom. The molecule has 0 saturated carbocycles. The number of alkyl halides is 3. The van der Waals surface area contributed by atoms with E-state index < -0.39 is 27.7 Å². The van der Waals surface area contributed by atoms with Gasteiger partial charge in [-0.2, -0.15) is 13.2 Å². The molecule has 21 heavy (non-hydrogen) atoms. The molecule has 1 N–H and O–H groups in total. The summed E-state index contributed by atoms with van der Waals surface area (Å²) < 4.78 is 60.2. The molecule has 0 aliphatic carbocycles. The smallest absolute Gasteiger partial charge is 0.361 e. The maximum absolute atomic E-state index is 12.4. The van der Waals surface area contributed by atoms with Crippen LogP contribution in [0.2, 0.25) is 0 Å². The standard InChI is InChI=1S/C11H15BrF3N3O2S/c1-4-6(2)7-8(12)17-10(21(3,19)20)18-9(7)16-5-11(13,14)15/h6H,4-5H2,1-3H3,(H,16,17,18). The average molecular weight is 390 g/mol. The SMILES string of the molecule is CCC(C)c1c(Br)nc(S(C)(=O)=O)nc1NCC(F)(F)F. The third-order valence-electron chi connectivity index (χ3n) is 2.77. The molecule has 0 bridgehead atoms. The highest BCUT2D eigenvalue weighted by Gasteiger charge is 2.29. The molecule has 1 unspecified atom stereocenters. The van der Waals surface area contributed by atoms with Crippen molar-refractivity contribution in [3.63, 3.8) is 0 Å². The number of rotatable bonds is 5. The van der Waals surface area contributed by atoms with Crippen LogP contribution in [0.3, 0.4) is 0 Å². The van der Waals surface area contributed by atoms with E-state index >= 15 is 0 Å². The van der Waals surface area contributed by atoms with Gasteiger partial charge in [-0.3, -0.25) is 0 Å². The fraction of sp³-hybridized carbons (Fsp3) is 0.636. The molecule has 0 saturated heterocycles. The van der Waals surface area contributed by atoms with Gasteiger partial charge in [0.1, 0.15) is 17.0 Å². The predicted molar refractivity (Wildman–Crippen MR) is 76.1 cm³/mol. The summed E-state index contributed by atoms with van der Waals surface area (Å²) in [6.07, 6.45) is -2.90. The van der Waals surface area contributed by atoms with Crippen LogP contribution in [0, 0.1) is 0 Å². The average Bonchev–Trinajstić information content (AvgIpc) is 2.32. The summed E-state index contributed by atoms with van der Waals surface area (Å²) in [6, 6.07) is 0. The summed E-state index contributed by atoms with van der Waals surface area (Å²) in [4.78, 5) is 7.55. The Bertz CT molecular complexity index is 620. The molecule has 1 aromatic rings. The summed E-state index contributed by atoms with van der Waals surface area (Å²) in [7, 11) is -3.72. The van der Waals surface area contributed by atoms with Crippen LogP contribution in [0.15, 0.2) is 9.76 Å². The number of halogens is 4. The van der Waals surface area contributed by atoms with Crippen LogP contribution in [0.4, 0.5) is 19.0 Å². The molecule has 0 aliphatic rings. The first-order chi connectivity index (χ1) is 9.45. The molecule has 0 radical (unpaired) electrons.